The van der Waals surface area contributed by atoms with Crippen molar-refractivity contribution in [1.29, 1.82) is 0 Å². The molecule has 0 aromatic rings. The summed E-state index contributed by atoms with van der Waals surface area (Å²) in [6.45, 7) is 0. The highest BCUT2D eigenvalue weighted by atomic mass is 16.5. The van der Waals surface area contributed by atoms with Gasteiger partial charge in [-0.25, -0.2) is 0 Å². The molecule has 88 valence electrons. The molecule has 15 heavy (non-hydrogen) atoms. The molecule has 1 rings (SSSR count). The molecule has 1 unspecified atom stereocenters. The SMILES string of the molecule is COC1CCCCCCCCCCC1=O. The number of carbonyl (C=O) groups excluding carboxylic acids is 1. The van der Waals surface area contributed by atoms with Crippen LogP contribution in [-0.2, 0) is 9.53 Å². The summed E-state index contributed by atoms with van der Waals surface area (Å²) in [5.41, 5.74) is 0. The number of ether oxygens (including phenoxy) is 1. The third kappa shape index (κ3) is 5.31. The number of Topliss-reactive ketones (excluding diaryl/α,β-unsaturated/α-hetero) is 1. The summed E-state index contributed by atoms with van der Waals surface area (Å²) in [6.07, 6.45) is 11.5. The van der Waals surface area contributed by atoms with Crippen LogP contribution in [0.15, 0.2) is 0 Å². The highest BCUT2D eigenvalue weighted by molar-refractivity contribution is 5.82. The van der Waals surface area contributed by atoms with Crippen molar-refractivity contribution in [3.05, 3.63) is 0 Å². The fourth-order valence-electron chi connectivity index (χ4n) is 2.26. The molecule has 0 bridgehead atoms. The van der Waals surface area contributed by atoms with Gasteiger partial charge in [-0.05, 0) is 12.8 Å². The minimum Gasteiger partial charge on any atom is -0.374 e. The van der Waals surface area contributed by atoms with Gasteiger partial charge in [0.25, 0.3) is 0 Å². The molecule has 0 radical (unpaired) electrons. The van der Waals surface area contributed by atoms with E-state index in [1.54, 1.807) is 7.11 Å². The summed E-state index contributed by atoms with van der Waals surface area (Å²) >= 11 is 0. The van der Waals surface area contributed by atoms with E-state index < -0.39 is 0 Å². The van der Waals surface area contributed by atoms with E-state index in [1.807, 2.05) is 0 Å². The molecule has 1 aliphatic carbocycles. The largest absolute Gasteiger partial charge is 0.374 e. The van der Waals surface area contributed by atoms with Crippen molar-refractivity contribution in [3.8, 4) is 0 Å². The molecular weight excluding hydrogens is 188 g/mol. The Morgan fingerprint density at radius 2 is 1.47 bits per heavy atom. The standard InChI is InChI=1S/C13H24O2/c1-15-13-11-9-7-5-3-2-4-6-8-10-12(13)14/h13H,2-11H2,1H3. The zero-order valence-corrected chi connectivity index (χ0v) is 9.96. The first-order chi connectivity index (χ1) is 7.34. The average Bonchev–Trinajstić information content (AvgIpc) is 2.23. The van der Waals surface area contributed by atoms with Gasteiger partial charge in [0.15, 0.2) is 5.78 Å². The van der Waals surface area contributed by atoms with Gasteiger partial charge in [-0.15, -0.1) is 0 Å². The molecule has 0 aliphatic heterocycles. The predicted octanol–water partition coefficient (Wildman–Crippen LogP) is 3.49. The van der Waals surface area contributed by atoms with Crippen LogP contribution in [0.4, 0.5) is 0 Å². The Bertz CT molecular complexity index is 177. The Hall–Kier alpha value is -0.370. The third-order valence-corrected chi connectivity index (χ3v) is 3.28. The highest BCUT2D eigenvalue weighted by Crippen LogP contribution is 2.16. The molecule has 0 amide bonds. The lowest BCUT2D eigenvalue weighted by Crippen LogP contribution is -2.22. The molecule has 0 aromatic carbocycles. The summed E-state index contributed by atoms with van der Waals surface area (Å²) in [5, 5.41) is 0. The van der Waals surface area contributed by atoms with Gasteiger partial charge in [0.2, 0.25) is 0 Å². The van der Waals surface area contributed by atoms with Crippen LogP contribution in [0.1, 0.15) is 64.2 Å². The molecular formula is C13H24O2. The lowest BCUT2D eigenvalue weighted by atomic mass is 9.98. The van der Waals surface area contributed by atoms with E-state index in [4.69, 9.17) is 4.74 Å². The average molecular weight is 212 g/mol. The van der Waals surface area contributed by atoms with Crippen LogP contribution >= 0.6 is 0 Å². The number of carbonyl (C=O) groups is 1. The molecule has 1 atom stereocenters. The minimum absolute atomic E-state index is 0.121. The highest BCUT2D eigenvalue weighted by Gasteiger charge is 2.16. The first-order valence-corrected chi connectivity index (χ1v) is 6.40. The van der Waals surface area contributed by atoms with Crippen LogP contribution in [-0.4, -0.2) is 19.0 Å². The topological polar surface area (TPSA) is 26.3 Å². The van der Waals surface area contributed by atoms with Gasteiger partial charge in [0.05, 0.1) is 0 Å². The quantitative estimate of drug-likeness (QED) is 0.665. The number of methoxy groups -OCH3 is 1. The van der Waals surface area contributed by atoms with Crippen molar-refractivity contribution in [3.63, 3.8) is 0 Å². The normalized spacial score (nSPS) is 26.7. The van der Waals surface area contributed by atoms with Crippen LogP contribution in [0.25, 0.3) is 0 Å². The lowest BCUT2D eigenvalue weighted by molar-refractivity contribution is -0.129. The molecule has 1 fully saturated rings. The molecule has 2 nitrogen and oxygen atoms in total. The third-order valence-electron chi connectivity index (χ3n) is 3.28. The van der Waals surface area contributed by atoms with Gasteiger partial charge in [-0.1, -0.05) is 44.9 Å². The predicted molar refractivity (Wildman–Crippen MR) is 62.0 cm³/mol. The number of hydrogen-bond acceptors (Lipinski definition) is 2. The fraction of sp³-hybridized carbons (Fsp3) is 0.923. The second kappa shape index (κ2) is 7.86. The summed E-state index contributed by atoms with van der Waals surface area (Å²) in [4.78, 5) is 11.7. The molecule has 1 aliphatic rings. The molecule has 0 saturated heterocycles. The van der Waals surface area contributed by atoms with Crippen LogP contribution in [0, 0.1) is 0 Å². The van der Waals surface area contributed by atoms with E-state index in [-0.39, 0.29) is 6.10 Å². The molecule has 2 heteroatoms. The van der Waals surface area contributed by atoms with Gasteiger partial charge in [0, 0.05) is 13.5 Å². The first kappa shape index (κ1) is 12.7. The molecule has 0 aromatic heterocycles. The summed E-state index contributed by atoms with van der Waals surface area (Å²) < 4.78 is 5.26. The number of rotatable bonds is 1. The number of hydrogen-bond donors (Lipinski definition) is 0. The Morgan fingerprint density at radius 1 is 0.933 bits per heavy atom. The molecule has 1 saturated carbocycles. The van der Waals surface area contributed by atoms with E-state index in [1.165, 1.54) is 38.5 Å². The van der Waals surface area contributed by atoms with Gasteiger partial charge in [-0.2, -0.15) is 0 Å². The fourth-order valence-corrected chi connectivity index (χ4v) is 2.26. The van der Waals surface area contributed by atoms with Crippen LogP contribution in [0.3, 0.4) is 0 Å². The summed E-state index contributed by atoms with van der Waals surface area (Å²) in [5.74, 6) is 0.318. The molecule has 0 heterocycles. The van der Waals surface area contributed by atoms with Gasteiger partial charge in [-0.3, -0.25) is 4.79 Å². The maximum Gasteiger partial charge on any atom is 0.161 e. The van der Waals surface area contributed by atoms with Crippen molar-refractivity contribution < 1.29 is 9.53 Å². The van der Waals surface area contributed by atoms with Gasteiger partial charge >= 0.3 is 0 Å². The molecule has 0 spiro atoms. The maximum absolute atomic E-state index is 11.7. The van der Waals surface area contributed by atoms with Crippen molar-refractivity contribution >= 4 is 5.78 Å². The van der Waals surface area contributed by atoms with Crippen LogP contribution in [0.5, 0.6) is 0 Å². The van der Waals surface area contributed by atoms with E-state index in [0.717, 1.165) is 25.7 Å². The van der Waals surface area contributed by atoms with E-state index in [9.17, 15) is 4.79 Å². The minimum atomic E-state index is -0.121. The zero-order chi connectivity index (χ0) is 10.9. The van der Waals surface area contributed by atoms with Crippen molar-refractivity contribution in [2.24, 2.45) is 0 Å². The summed E-state index contributed by atoms with van der Waals surface area (Å²) in [7, 11) is 1.66. The Balaban J connectivity index is 2.34. The maximum atomic E-state index is 11.7. The zero-order valence-electron chi connectivity index (χ0n) is 9.96. The second-order valence-electron chi connectivity index (χ2n) is 4.56. The van der Waals surface area contributed by atoms with E-state index in [2.05, 4.69) is 0 Å². The Labute approximate surface area is 93.4 Å². The number of ketones is 1. The van der Waals surface area contributed by atoms with E-state index in [0.29, 0.717) is 5.78 Å². The Kier molecular flexibility index (Phi) is 6.66. The van der Waals surface area contributed by atoms with Gasteiger partial charge < -0.3 is 4.74 Å². The summed E-state index contributed by atoms with van der Waals surface area (Å²) in [6, 6.07) is 0. The smallest absolute Gasteiger partial charge is 0.161 e. The van der Waals surface area contributed by atoms with Crippen LogP contribution < -0.4 is 0 Å². The Morgan fingerprint density at radius 3 is 2.07 bits per heavy atom. The monoisotopic (exact) mass is 212 g/mol. The van der Waals surface area contributed by atoms with Crippen molar-refractivity contribution in [2.45, 2.75) is 70.3 Å². The van der Waals surface area contributed by atoms with Crippen molar-refractivity contribution in [2.75, 3.05) is 7.11 Å². The first-order valence-electron chi connectivity index (χ1n) is 6.40. The van der Waals surface area contributed by atoms with Crippen molar-refractivity contribution in [1.82, 2.24) is 0 Å². The van der Waals surface area contributed by atoms with Gasteiger partial charge in [0.1, 0.15) is 6.10 Å². The van der Waals surface area contributed by atoms with Crippen LogP contribution in [0.2, 0.25) is 0 Å². The molecule has 0 N–H and O–H groups in total. The second-order valence-corrected chi connectivity index (χ2v) is 4.56. The van der Waals surface area contributed by atoms with E-state index >= 15 is 0 Å². The lowest BCUT2D eigenvalue weighted by Gasteiger charge is -2.14.